The van der Waals surface area contributed by atoms with Crippen molar-refractivity contribution in [3.8, 4) is 22.9 Å². The Morgan fingerprint density at radius 1 is 1.00 bits per heavy atom. The van der Waals surface area contributed by atoms with Crippen molar-refractivity contribution in [1.82, 2.24) is 4.90 Å². The van der Waals surface area contributed by atoms with E-state index in [-0.39, 0.29) is 55.0 Å². The van der Waals surface area contributed by atoms with Crippen molar-refractivity contribution in [2.24, 2.45) is 0 Å². The van der Waals surface area contributed by atoms with Crippen LogP contribution in [0.1, 0.15) is 12.0 Å². The van der Waals surface area contributed by atoms with E-state index in [1.165, 1.54) is 35.2 Å². The van der Waals surface area contributed by atoms with Crippen LogP contribution in [0.2, 0.25) is 0 Å². The third kappa shape index (κ3) is 6.54. The van der Waals surface area contributed by atoms with Gasteiger partial charge in [-0.2, -0.15) is 27.2 Å². The Hall–Kier alpha value is -4.45. The Kier molecular flexibility index (Phi) is 8.39. The van der Waals surface area contributed by atoms with E-state index < -0.39 is 57.6 Å². The number of alkyl halides is 5. The van der Waals surface area contributed by atoms with Gasteiger partial charge in [-0.1, -0.05) is 18.2 Å². The maximum absolute atomic E-state index is 14.4. The Labute approximate surface area is 248 Å². The molecule has 0 unspecified atom stereocenters. The van der Waals surface area contributed by atoms with E-state index in [0.717, 1.165) is 22.5 Å². The molecule has 1 amide bonds. The van der Waals surface area contributed by atoms with E-state index in [1.54, 1.807) is 18.2 Å². The summed E-state index contributed by atoms with van der Waals surface area (Å²) in [6.07, 6.45) is -6.27. The van der Waals surface area contributed by atoms with Gasteiger partial charge in [0.1, 0.15) is 18.0 Å². The monoisotopic (exact) mass is 638 g/mol. The molecule has 5 rings (SSSR count). The minimum absolute atomic E-state index is 0.0834. The average molecular weight is 639 g/mol. The molecule has 1 saturated heterocycles. The van der Waals surface area contributed by atoms with Gasteiger partial charge < -0.3 is 14.5 Å². The summed E-state index contributed by atoms with van der Waals surface area (Å²) < 4.78 is 113. The van der Waals surface area contributed by atoms with Crippen LogP contribution in [0.4, 0.5) is 37.7 Å². The molecule has 1 fully saturated rings. The van der Waals surface area contributed by atoms with Gasteiger partial charge in [0.25, 0.3) is 10.0 Å². The fourth-order valence-electron chi connectivity index (χ4n) is 5.47. The van der Waals surface area contributed by atoms with Crippen LogP contribution in [-0.4, -0.2) is 64.2 Å². The SMILES string of the molecule is N#CCC(=O)N1CCN2c3ccc(-c4cc(F)cc(OC(F)F)c4)cc3N(S(=O)(=O)c3cccc(CC(F)(F)F)c3)C[C@@H]2C1. The average Bonchev–Trinajstić information content (AvgIpc) is 2.94. The Bertz CT molecular complexity index is 1730. The molecular formula is C29H24F6N4O4S. The van der Waals surface area contributed by atoms with E-state index in [0.29, 0.717) is 5.69 Å². The molecular weight excluding hydrogens is 614 g/mol. The molecule has 0 N–H and O–H groups in total. The van der Waals surface area contributed by atoms with Crippen molar-refractivity contribution in [1.29, 1.82) is 5.26 Å². The Morgan fingerprint density at radius 2 is 1.77 bits per heavy atom. The second-order valence-electron chi connectivity index (χ2n) is 10.3. The second kappa shape index (κ2) is 11.9. The van der Waals surface area contributed by atoms with E-state index in [2.05, 4.69) is 4.74 Å². The summed E-state index contributed by atoms with van der Waals surface area (Å²) in [7, 11) is -4.50. The normalized spacial score (nSPS) is 16.8. The standard InChI is InChI=1S/C29H24F6N4O4S/c30-21-11-20(12-23(14-21)43-28(31)32)19-4-5-25-26(13-19)39(17-22-16-37(8-9-38(22)25)27(40)6-7-36)44(41,42)24-3-1-2-18(10-24)15-29(33,34)35/h1-5,10-14,22,28H,6,8-9,15-17H2/t22-/m0/s1. The van der Waals surface area contributed by atoms with Gasteiger partial charge in [0.05, 0.1) is 41.3 Å². The first-order chi connectivity index (χ1) is 20.7. The summed E-state index contributed by atoms with van der Waals surface area (Å²) in [5.74, 6) is -1.74. The molecule has 1 atom stereocenters. The zero-order valence-electron chi connectivity index (χ0n) is 22.8. The Morgan fingerprint density at radius 3 is 2.48 bits per heavy atom. The van der Waals surface area contributed by atoms with Crippen molar-refractivity contribution in [3.05, 3.63) is 72.0 Å². The lowest BCUT2D eigenvalue weighted by atomic mass is 10.00. The minimum Gasteiger partial charge on any atom is -0.435 e. The molecule has 44 heavy (non-hydrogen) atoms. The molecule has 8 nitrogen and oxygen atoms in total. The highest BCUT2D eigenvalue weighted by Gasteiger charge is 2.41. The number of rotatable bonds is 7. The van der Waals surface area contributed by atoms with E-state index in [1.807, 2.05) is 4.90 Å². The lowest BCUT2D eigenvalue weighted by Gasteiger charge is -2.49. The first-order valence-electron chi connectivity index (χ1n) is 13.2. The minimum atomic E-state index is -4.57. The van der Waals surface area contributed by atoms with Gasteiger partial charge in [-0.25, -0.2) is 12.8 Å². The zero-order valence-corrected chi connectivity index (χ0v) is 23.6. The van der Waals surface area contributed by atoms with Gasteiger partial charge in [0.2, 0.25) is 5.91 Å². The number of carbonyl (C=O) groups is 1. The van der Waals surface area contributed by atoms with Crippen LogP contribution in [0.15, 0.2) is 65.6 Å². The van der Waals surface area contributed by atoms with Gasteiger partial charge in [0, 0.05) is 25.7 Å². The molecule has 2 aliphatic rings. The highest BCUT2D eigenvalue weighted by Crippen LogP contribution is 2.43. The molecule has 0 saturated carbocycles. The fourth-order valence-corrected chi connectivity index (χ4v) is 7.05. The van der Waals surface area contributed by atoms with Crippen LogP contribution in [0.5, 0.6) is 5.75 Å². The summed E-state index contributed by atoms with van der Waals surface area (Å²) in [6, 6.07) is 13.3. The zero-order chi connectivity index (χ0) is 31.8. The van der Waals surface area contributed by atoms with Crippen molar-refractivity contribution >= 4 is 27.3 Å². The van der Waals surface area contributed by atoms with Crippen molar-refractivity contribution in [2.75, 3.05) is 35.4 Å². The predicted octanol–water partition coefficient (Wildman–Crippen LogP) is 5.34. The summed E-state index contributed by atoms with van der Waals surface area (Å²) in [5, 5.41) is 8.96. The number of carbonyl (C=O) groups excluding carboxylic acids is 1. The second-order valence-corrected chi connectivity index (χ2v) is 12.1. The molecule has 3 aromatic rings. The van der Waals surface area contributed by atoms with E-state index in [4.69, 9.17) is 5.26 Å². The summed E-state index contributed by atoms with van der Waals surface area (Å²) >= 11 is 0. The van der Waals surface area contributed by atoms with Crippen LogP contribution in [-0.2, 0) is 21.2 Å². The number of piperazine rings is 1. The van der Waals surface area contributed by atoms with Gasteiger partial charge in [-0.15, -0.1) is 0 Å². The van der Waals surface area contributed by atoms with Crippen LogP contribution in [0, 0.1) is 17.1 Å². The molecule has 0 spiro atoms. The topological polar surface area (TPSA) is 94.0 Å². The quantitative estimate of drug-likeness (QED) is 0.325. The molecule has 0 aromatic heterocycles. The number of hydrogen-bond donors (Lipinski definition) is 0. The molecule has 2 aliphatic heterocycles. The van der Waals surface area contributed by atoms with E-state index in [9.17, 15) is 39.6 Å². The molecule has 0 radical (unpaired) electrons. The summed E-state index contributed by atoms with van der Waals surface area (Å²) in [5.41, 5.74) is 0.658. The first-order valence-corrected chi connectivity index (χ1v) is 14.7. The Balaban J connectivity index is 1.60. The van der Waals surface area contributed by atoms with Crippen molar-refractivity contribution in [3.63, 3.8) is 0 Å². The number of sulfonamides is 1. The number of benzene rings is 3. The van der Waals surface area contributed by atoms with Gasteiger partial charge in [-0.3, -0.25) is 9.10 Å². The van der Waals surface area contributed by atoms with Crippen molar-refractivity contribution < 1.29 is 44.3 Å². The maximum Gasteiger partial charge on any atom is 0.393 e. The number of hydrogen-bond acceptors (Lipinski definition) is 6. The molecule has 15 heteroatoms. The van der Waals surface area contributed by atoms with Crippen LogP contribution in [0.3, 0.4) is 0 Å². The third-order valence-electron chi connectivity index (χ3n) is 7.32. The molecule has 0 aliphatic carbocycles. The summed E-state index contributed by atoms with van der Waals surface area (Å²) in [6.45, 7) is -2.79. The molecule has 0 bridgehead atoms. The lowest BCUT2D eigenvalue weighted by Crippen LogP contribution is -2.61. The molecule has 3 aromatic carbocycles. The number of anilines is 2. The first kappa shape index (κ1) is 31.0. The predicted molar refractivity (Wildman–Crippen MR) is 147 cm³/mol. The highest BCUT2D eigenvalue weighted by atomic mass is 32.2. The number of nitrogens with zero attached hydrogens (tertiary/aromatic N) is 4. The van der Waals surface area contributed by atoms with Crippen molar-refractivity contribution in [2.45, 2.75) is 36.6 Å². The lowest BCUT2D eigenvalue weighted by molar-refractivity contribution is -0.131. The highest BCUT2D eigenvalue weighted by molar-refractivity contribution is 7.92. The molecule has 2 heterocycles. The van der Waals surface area contributed by atoms with Gasteiger partial charge in [0.15, 0.2) is 0 Å². The van der Waals surface area contributed by atoms with E-state index >= 15 is 0 Å². The smallest absolute Gasteiger partial charge is 0.393 e. The summed E-state index contributed by atoms with van der Waals surface area (Å²) in [4.78, 5) is 15.4. The largest absolute Gasteiger partial charge is 0.435 e. The van der Waals surface area contributed by atoms with Crippen LogP contribution in [0.25, 0.3) is 11.1 Å². The number of nitriles is 1. The number of fused-ring (bicyclic) bond motifs is 3. The fraction of sp³-hybridized carbons (Fsp3) is 0.310. The van der Waals surface area contributed by atoms with Crippen LogP contribution >= 0.6 is 0 Å². The van der Waals surface area contributed by atoms with Crippen LogP contribution < -0.4 is 13.9 Å². The number of halogens is 6. The maximum atomic E-state index is 14.4. The third-order valence-corrected chi connectivity index (χ3v) is 9.09. The van der Waals surface area contributed by atoms with Gasteiger partial charge >= 0.3 is 12.8 Å². The molecule has 232 valence electrons. The van der Waals surface area contributed by atoms with Gasteiger partial charge in [-0.05, 0) is 53.1 Å². The number of amides is 1. The number of ether oxygens (including phenoxy) is 1.